The number of fused-ring (bicyclic) bond motifs is 3. The minimum atomic E-state index is -1.21. The minimum absolute atomic E-state index is 0.209. The smallest absolute Gasteiger partial charge is 0.341 e. The van der Waals surface area contributed by atoms with Crippen LogP contribution in [0.25, 0.3) is 17.0 Å². The van der Waals surface area contributed by atoms with Gasteiger partial charge in [-0.3, -0.25) is 4.79 Å². The molecular weight excluding hydrogens is 386 g/mol. The first-order valence-corrected chi connectivity index (χ1v) is 10.2. The number of methoxy groups -OCH3 is 1. The van der Waals surface area contributed by atoms with Crippen LogP contribution in [-0.2, 0) is 22.4 Å². The molecule has 1 aromatic carbocycles. The molecule has 0 saturated heterocycles. The lowest BCUT2D eigenvalue weighted by Gasteiger charge is -2.26. The first-order chi connectivity index (χ1) is 14.6. The number of carboxylic acid groups (broad SMARTS) is 1. The zero-order chi connectivity index (χ0) is 21.1. The van der Waals surface area contributed by atoms with Crippen LogP contribution in [0.3, 0.4) is 0 Å². The topological polar surface area (TPSA) is 87.0 Å². The fourth-order valence-corrected chi connectivity index (χ4v) is 3.90. The van der Waals surface area contributed by atoms with Crippen LogP contribution in [-0.4, -0.2) is 42.6 Å². The van der Waals surface area contributed by atoms with Crippen molar-refractivity contribution in [3.05, 3.63) is 57.4 Å². The first kappa shape index (κ1) is 20.2. The number of pyridine rings is 1. The lowest BCUT2D eigenvalue weighted by Crippen LogP contribution is -2.22. The summed E-state index contributed by atoms with van der Waals surface area (Å²) in [6, 6.07) is 5.44. The van der Waals surface area contributed by atoms with E-state index in [2.05, 4.69) is 6.08 Å². The van der Waals surface area contributed by atoms with Crippen LogP contribution in [0.1, 0.15) is 40.7 Å². The molecule has 0 atom stereocenters. The van der Waals surface area contributed by atoms with E-state index < -0.39 is 11.4 Å². The van der Waals surface area contributed by atoms with Crippen LogP contribution >= 0.6 is 0 Å². The van der Waals surface area contributed by atoms with Gasteiger partial charge in [0.1, 0.15) is 17.1 Å². The highest BCUT2D eigenvalue weighted by Gasteiger charge is 2.23. The molecule has 2 aliphatic heterocycles. The second kappa shape index (κ2) is 8.75. The number of ether oxygens (including phenoxy) is 3. The Kier molecular flexibility index (Phi) is 5.90. The summed E-state index contributed by atoms with van der Waals surface area (Å²) in [5, 5.41) is 9.27. The predicted molar refractivity (Wildman–Crippen MR) is 112 cm³/mol. The maximum atomic E-state index is 12.3. The van der Waals surface area contributed by atoms with Crippen molar-refractivity contribution in [3.63, 3.8) is 0 Å². The second-order valence-electron chi connectivity index (χ2n) is 7.44. The molecule has 0 spiro atoms. The molecule has 7 nitrogen and oxygen atoms in total. The largest absolute Gasteiger partial charge is 0.493 e. The lowest BCUT2D eigenvalue weighted by molar-refractivity contribution is 0.0694. The second-order valence-corrected chi connectivity index (χ2v) is 7.44. The van der Waals surface area contributed by atoms with Gasteiger partial charge in [-0.05, 0) is 43.0 Å². The van der Waals surface area contributed by atoms with Gasteiger partial charge in [-0.25, -0.2) is 4.79 Å². The molecule has 7 heteroatoms. The Morgan fingerprint density at radius 3 is 2.83 bits per heavy atom. The molecule has 0 radical (unpaired) electrons. The molecule has 0 bridgehead atoms. The van der Waals surface area contributed by atoms with Crippen LogP contribution in [0.4, 0.5) is 0 Å². The highest BCUT2D eigenvalue weighted by atomic mass is 16.5. The van der Waals surface area contributed by atoms with Gasteiger partial charge in [0.05, 0.1) is 24.5 Å². The van der Waals surface area contributed by atoms with Crippen LogP contribution in [0.15, 0.2) is 35.3 Å². The van der Waals surface area contributed by atoms with Crippen molar-refractivity contribution in [3.8, 4) is 17.0 Å². The lowest BCUT2D eigenvalue weighted by atomic mass is 9.93. The summed E-state index contributed by atoms with van der Waals surface area (Å²) in [6.07, 6.45) is 6.93. The Morgan fingerprint density at radius 2 is 2.10 bits per heavy atom. The number of benzene rings is 1. The quantitative estimate of drug-likeness (QED) is 0.704. The van der Waals surface area contributed by atoms with Gasteiger partial charge in [0.15, 0.2) is 5.43 Å². The highest BCUT2D eigenvalue weighted by molar-refractivity contribution is 5.88. The third kappa shape index (κ3) is 3.98. The molecule has 0 fully saturated rings. The van der Waals surface area contributed by atoms with E-state index in [0.717, 1.165) is 59.6 Å². The first-order valence-electron chi connectivity index (χ1n) is 10.2. The normalized spacial score (nSPS) is 14.9. The van der Waals surface area contributed by atoms with Gasteiger partial charge in [0, 0.05) is 44.5 Å². The number of aromatic carboxylic acids is 1. The fourth-order valence-electron chi connectivity index (χ4n) is 3.90. The Morgan fingerprint density at radius 1 is 1.23 bits per heavy atom. The maximum absolute atomic E-state index is 12.3. The number of aryl methyl sites for hydroxylation is 2. The number of carboxylic acids is 1. The van der Waals surface area contributed by atoms with Crippen molar-refractivity contribution in [1.82, 2.24) is 4.57 Å². The summed E-state index contributed by atoms with van der Waals surface area (Å²) in [6.45, 7) is 2.42. The van der Waals surface area contributed by atoms with Crippen molar-refractivity contribution in [2.45, 2.75) is 32.2 Å². The van der Waals surface area contributed by atoms with Gasteiger partial charge in [0.25, 0.3) is 0 Å². The van der Waals surface area contributed by atoms with Crippen LogP contribution in [0.5, 0.6) is 5.75 Å². The molecule has 4 rings (SSSR count). The van der Waals surface area contributed by atoms with Gasteiger partial charge in [0.2, 0.25) is 0 Å². The highest BCUT2D eigenvalue weighted by Crippen LogP contribution is 2.38. The molecule has 158 valence electrons. The number of rotatable bonds is 7. The standard InChI is InChI=1S/C23H25NO6/c1-28-8-4-10-30-22-11-15-6-7-24-14-18(23(26)27)20(25)13-19(24)16(15)12-17(22)21-5-2-3-9-29-21/h5,11-14H,2-4,6-10H2,1H3,(H,26,27). The summed E-state index contributed by atoms with van der Waals surface area (Å²) in [5.41, 5.74) is 2.85. The van der Waals surface area contributed by atoms with Gasteiger partial charge in [-0.1, -0.05) is 0 Å². The van der Waals surface area contributed by atoms with E-state index in [1.165, 1.54) is 12.3 Å². The zero-order valence-electron chi connectivity index (χ0n) is 17.0. The number of aromatic nitrogens is 1. The Labute approximate surface area is 174 Å². The van der Waals surface area contributed by atoms with E-state index in [1.54, 1.807) is 7.11 Å². The number of allylic oxidation sites excluding steroid dienone is 1. The predicted octanol–water partition coefficient (Wildman–Crippen LogP) is 3.34. The molecular formula is C23H25NO6. The van der Waals surface area contributed by atoms with E-state index in [9.17, 15) is 14.7 Å². The van der Waals surface area contributed by atoms with Crippen molar-refractivity contribution in [1.29, 1.82) is 0 Å². The van der Waals surface area contributed by atoms with Gasteiger partial charge in [-0.2, -0.15) is 0 Å². The summed E-state index contributed by atoms with van der Waals surface area (Å²) in [4.78, 5) is 23.7. The third-order valence-corrected chi connectivity index (χ3v) is 5.41. The van der Waals surface area contributed by atoms with Crippen molar-refractivity contribution >= 4 is 11.7 Å². The van der Waals surface area contributed by atoms with Crippen LogP contribution in [0, 0.1) is 0 Å². The Balaban J connectivity index is 1.78. The summed E-state index contributed by atoms with van der Waals surface area (Å²) in [5.74, 6) is 0.339. The summed E-state index contributed by atoms with van der Waals surface area (Å²) >= 11 is 0. The molecule has 3 heterocycles. The SMILES string of the molecule is COCCCOc1cc2c(cc1C1=CCCCO1)-c1cc(=O)c(C(=O)O)cn1CC2. The number of carbonyl (C=O) groups is 1. The number of hydrogen-bond donors (Lipinski definition) is 1. The van der Waals surface area contributed by atoms with E-state index >= 15 is 0 Å². The average Bonchev–Trinajstić information content (AvgIpc) is 2.76. The molecule has 0 aliphatic carbocycles. The average molecular weight is 411 g/mol. The van der Waals surface area contributed by atoms with Gasteiger partial charge in [-0.15, -0.1) is 0 Å². The fraction of sp³-hybridized carbons (Fsp3) is 0.391. The Bertz CT molecular complexity index is 1050. The van der Waals surface area contributed by atoms with Crippen molar-refractivity contribution < 1.29 is 24.1 Å². The van der Waals surface area contributed by atoms with Gasteiger partial charge >= 0.3 is 5.97 Å². The molecule has 2 aromatic rings. The minimum Gasteiger partial charge on any atom is -0.493 e. The molecule has 2 aliphatic rings. The van der Waals surface area contributed by atoms with E-state index in [-0.39, 0.29) is 5.56 Å². The number of nitrogens with zero attached hydrogens (tertiary/aromatic N) is 1. The van der Waals surface area contributed by atoms with Crippen molar-refractivity contribution in [2.24, 2.45) is 0 Å². The molecule has 0 saturated carbocycles. The van der Waals surface area contributed by atoms with E-state index in [0.29, 0.717) is 26.4 Å². The third-order valence-electron chi connectivity index (χ3n) is 5.41. The van der Waals surface area contributed by atoms with Crippen LogP contribution in [0.2, 0.25) is 0 Å². The van der Waals surface area contributed by atoms with E-state index in [4.69, 9.17) is 14.2 Å². The number of hydrogen-bond acceptors (Lipinski definition) is 5. The summed E-state index contributed by atoms with van der Waals surface area (Å²) in [7, 11) is 1.67. The van der Waals surface area contributed by atoms with Crippen LogP contribution < -0.4 is 10.2 Å². The molecule has 1 aromatic heterocycles. The van der Waals surface area contributed by atoms with E-state index in [1.807, 2.05) is 16.7 Å². The molecule has 0 unspecified atom stereocenters. The maximum Gasteiger partial charge on any atom is 0.341 e. The monoisotopic (exact) mass is 411 g/mol. The summed E-state index contributed by atoms with van der Waals surface area (Å²) < 4.78 is 18.9. The van der Waals surface area contributed by atoms with Crippen molar-refractivity contribution in [2.75, 3.05) is 26.9 Å². The zero-order valence-corrected chi connectivity index (χ0v) is 17.0. The molecule has 1 N–H and O–H groups in total. The van der Waals surface area contributed by atoms with Gasteiger partial charge < -0.3 is 23.9 Å². The Hall–Kier alpha value is -3.06. The molecule has 30 heavy (non-hydrogen) atoms. The molecule has 0 amide bonds.